The Bertz CT molecular complexity index is 501. The number of imidazole rings is 1. The molecule has 0 spiro atoms. The Labute approximate surface area is 114 Å². The van der Waals surface area contributed by atoms with Crippen LogP contribution in [0.2, 0.25) is 0 Å². The van der Waals surface area contributed by atoms with Gasteiger partial charge in [0.25, 0.3) is 0 Å². The number of aryl methyl sites for hydroxylation is 2. The average molecular weight is 261 g/mol. The maximum atomic E-state index is 5.77. The molecule has 0 aliphatic rings. The number of hydrogen-bond donors (Lipinski definition) is 1. The number of nitrogens with one attached hydrogen (secondary N) is 1. The van der Waals surface area contributed by atoms with Crippen molar-refractivity contribution in [2.75, 3.05) is 6.54 Å². The van der Waals surface area contributed by atoms with Gasteiger partial charge in [-0.3, -0.25) is 0 Å². The summed E-state index contributed by atoms with van der Waals surface area (Å²) in [6.45, 7) is 8.22. The molecule has 0 aliphatic carbocycles. The zero-order valence-corrected chi connectivity index (χ0v) is 12.0. The van der Waals surface area contributed by atoms with Crippen molar-refractivity contribution >= 4 is 0 Å². The van der Waals surface area contributed by atoms with E-state index in [1.54, 1.807) is 0 Å². The van der Waals surface area contributed by atoms with E-state index in [1.165, 1.54) is 0 Å². The van der Waals surface area contributed by atoms with Crippen molar-refractivity contribution in [3.05, 3.63) is 41.9 Å². The average Bonchev–Trinajstić information content (AvgIpc) is 3.02. The molecule has 1 unspecified atom stereocenters. The van der Waals surface area contributed by atoms with Crippen LogP contribution in [0.5, 0.6) is 0 Å². The summed E-state index contributed by atoms with van der Waals surface area (Å²) in [5.74, 6) is 3.05. The number of nitrogens with zero attached hydrogens (tertiary/aromatic N) is 2. The molecule has 4 heteroatoms. The third-order valence-corrected chi connectivity index (χ3v) is 3.27. The zero-order valence-electron chi connectivity index (χ0n) is 12.0. The highest BCUT2D eigenvalue weighted by atomic mass is 16.3. The second-order valence-corrected chi connectivity index (χ2v) is 4.79. The molecule has 2 aromatic rings. The van der Waals surface area contributed by atoms with E-state index in [0.717, 1.165) is 43.3 Å². The first-order valence-corrected chi connectivity index (χ1v) is 7.04. The van der Waals surface area contributed by atoms with Crippen LogP contribution in [0.1, 0.15) is 43.7 Å². The Morgan fingerprint density at radius 3 is 2.84 bits per heavy atom. The van der Waals surface area contributed by atoms with Crippen LogP contribution >= 0.6 is 0 Å². The van der Waals surface area contributed by atoms with Crippen LogP contribution < -0.4 is 5.32 Å². The first-order chi connectivity index (χ1) is 9.24. The minimum absolute atomic E-state index is 0.196. The van der Waals surface area contributed by atoms with Gasteiger partial charge in [-0.05, 0) is 38.9 Å². The zero-order chi connectivity index (χ0) is 13.7. The van der Waals surface area contributed by atoms with Gasteiger partial charge in [0.1, 0.15) is 17.3 Å². The van der Waals surface area contributed by atoms with Gasteiger partial charge in [-0.2, -0.15) is 0 Å². The van der Waals surface area contributed by atoms with Gasteiger partial charge in [0.15, 0.2) is 0 Å². The van der Waals surface area contributed by atoms with Gasteiger partial charge >= 0.3 is 0 Å². The fourth-order valence-corrected chi connectivity index (χ4v) is 2.23. The molecule has 0 saturated heterocycles. The molecule has 0 radical (unpaired) electrons. The van der Waals surface area contributed by atoms with Crippen molar-refractivity contribution in [2.45, 2.75) is 46.2 Å². The van der Waals surface area contributed by atoms with Crippen LogP contribution in [0, 0.1) is 6.92 Å². The van der Waals surface area contributed by atoms with Crippen molar-refractivity contribution in [1.82, 2.24) is 14.9 Å². The van der Waals surface area contributed by atoms with Crippen molar-refractivity contribution in [3.63, 3.8) is 0 Å². The third kappa shape index (κ3) is 3.47. The van der Waals surface area contributed by atoms with E-state index < -0.39 is 0 Å². The summed E-state index contributed by atoms with van der Waals surface area (Å²) >= 11 is 0. The first-order valence-electron chi connectivity index (χ1n) is 7.04. The van der Waals surface area contributed by atoms with Gasteiger partial charge in [0, 0.05) is 25.4 Å². The minimum atomic E-state index is 0.196. The Morgan fingerprint density at radius 2 is 2.21 bits per heavy atom. The fraction of sp³-hybridized carbons (Fsp3) is 0.533. The minimum Gasteiger partial charge on any atom is -0.465 e. The predicted molar refractivity (Wildman–Crippen MR) is 76.1 cm³/mol. The van der Waals surface area contributed by atoms with Crippen LogP contribution in [-0.2, 0) is 13.0 Å². The molecular weight excluding hydrogens is 238 g/mol. The lowest BCUT2D eigenvalue weighted by Gasteiger charge is -2.16. The summed E-state index contributed by atoms with van der Waals surface area (Å²) in [7, 11) is 0. The van der Waals surface area contributed by atoms with Gasteiger partial charge in [-0.15, -0.1) is 0 Å². The van der Waals surface area contributed by atoms with E-state index in [2.05, 4.69) is 34.8 Å². The highest BCUT2D eigenvalue weighted by Gasteiger charge is 2.17. The Kier molecular flexibility index (Phi) is 4.80. The number of hydrogen-bond acceptors (Lipinski definition) is 3. The number of furan rings is 1. The molecular formula is C15H23N3O. The lowest BCUT2D eigenvalue weighted by molar-refractivity contribution is 0.391. The molecule has 4 nitrogen and oxygen atoms in total. The lowest BCUT2D eigenvalue weighted by atomic mass is 10.1. The van der Waals surface area contributed by atoms with Crippen molar-refractivity contribution in [2.24, 2.45) is 0 Å². The monoisotopic (exact) mass is 261 g/mol. The maximum Gasteiger partial charge on any atom is 0.121 e. The van der Waals surface area contributed by atoms with Crippen molar-refractivity contribution < 1.29 is 4.42 Å². The fourth-order valence-electron chi connectivity index (χ4n) is 2.23. The van der Waals surface area contributed by atoms with Crippen LogP contribution in [0.25, 0.3) is 0 Å². The smallest absolute Gasteiger partial charge is 0.121 e. The van der Waals surface area contributed by atoms with Gasteiger partial charge in [0.05, 0.1) is 6.04 Å². The van der Waals surface area contributed by atoms with Gasteiger partial charge in [0.2, 0.25) is 0 Å². The molecule has 0 saturated carbocycles. The molecule has 2 heterocycles. The third-order valence-electron chi connectivity index (χ3n) is 3.27. The normalized spacial score (nSPS) is 12.8. The molecule has 0 fully saturated rings. The molecule has 19 heavy (non-hydrogen) atoms. The Hall–Kier alpha value is -1.55. The quantitative estimate of drug-likeness (QED) is 0.833. The van der Waals surface area contributed by atoms with Crippen molar-refractivity contribution in [1.29, 1.82) is 0 Å². The molecule has 0 bridgehead atoms. The second kappa shape index (κ2) is 6.57. The van der Waals surface area contributed by atoms with Gasteiger partial charge < -0.3 is 14.3 Å². The largest absolute Gasteiger partial charge is 0.465 e. The van der Waals surface area contributed by atoms with E-state index in [0.29, 0.717) is 0 Å². The summed E-state index contributed by atoms with van der Waals surface area (Å²) in [6, 6.07) is 4.27. The van der Waals surface area contributed by atoms with Crippen molar-refractivity contribution in [3.8, 4) is 0 Å². The van der Waals surface area contributed by atoms with Crippen LogP contribution in [0.15, 0.2) is 28.9 Å². The Balaban J connectivity index is 2.14. The highest BCUT2D eigenvalue weighted by Crippen LogP contribution is 2.20. The first kappa shape index (κ1) is 13.9. The summed E-state index contributed by atoms with van der Waals surface area (Å²) < 4.78 is 7.94. The van der Waals surface area contributed by atoms with Crippen LogP contribution in [0.4, 0.5) is 0 Å². The molecule has 2 rings (SSSR count). The van der Waals surface area contributed by atoms with Gasteiger partial charge in [-0.1, -0.05) is 6.92 Å². The topological polar surface area (TPSA) is 43.0 Å². The summed E-state index contributed by atoms with van der Waals surface area (Å²) in [6.07, 6.45) is 5.86. The maximum absolute atomic E-state index is 5.77. The molecule has 1 atom stereocenters. The van der Waals surface area contributed by atoms with Crippen LogP contribution in [0.3, 0.4) is 0 Å². The molecule has 0 aromatic carbocycles. The number of rotatable bonds is 7. The summed E-state index contributed by atoms with van der Waals surface area (Å²) in [4.78, 5) is 4.45. The highest BCUT2D eigenvalue weighted by molar-refractivity contribution is 5.12. The molecule has 104 valence electrons. The van der Waals surface area contributed by atoms with E-state index in [4.69, 9.17) is 4.42 Å². The van der Waals surface area contributed by atoms with Crippen LogP contribution in [-0.4, -0.2) is 16.1 Å². The number of aromatic nitrogens is 2. The molecule has 2 aromatic heterocycles. The second-order valence-electron chi connectivity index (χ2n) is 4.79. The summed E-state index contributed by atoms with van der Waals surface area (Å²) in [5.41, 5.74) is 0. The van der Waals surface area contributed by atoms with Gasteiger partial charge in [-0.25, -0.2) is 4.98 Å². The predicted octanol–water partition coefficient (Wildman–Crippen LogP) is 3.09. The standard InChI is InChI=1S/C15H23N3O/c1-4-8-16-13(14-7-6-12(3)19-14)11-15-17-9-10-18(15)5-2/h6-7,9-10,13,16H,4-5,8,11H2,1-3H3. The summed E-state index contributed by atoms with van der Waals surface area (Å²) in [5, 5.41) is 3.54. The molecule has 1 N–H and O–H groups in total. The molecule has 0 amide bonds. The van der Waals surface area contributed by atoms with E-state index in [9.17, 15) is 0 Å². The van der Waals surface area contributed by atoms with E-state index >= 15 is 0 Å². The van der Waals surface area contributed by atoms with E-state index in [-0.39, 0.29) is 6.04 Å². The SMILES string of the molecule is CCCNC(Cc1nccn1CC)c1ccc(C)o1. The lowest BCUT2D eigenvalue weighted by Crippen LogP contribution is -2.25. The molecule has 0 aliphatic heterocycles. The Morgan fingerprint density at radius 1 is 1.37 bits per heavy atom. The van der Waals surface area contributed by atoms with E-state index in [1.807, 2.05) is 25.4 Å².